The van der Waals surface area contributed by atoms with Gasteiger partial charge in [0.15, 0.2) is 0 Å². The van der Waals surface area contributed by atoms with Crippen molar-refractivity contribution in [1.82, 2.24) is 4.98 Å². The van der Waals surface area contributed by atoms with Crippen molar-refractivity contribution >= 4 is 30.3 Å². The maximum Gasteiger partial charge on any atom is 0.328 e. The van der Waals surface area contributed by atoms with Crippen molar-refractivity contribution in [3.8, 4) is 0 Å². The van der Waals surface area contributed by atoms with Crippen LogP contribution in [-0.2, 0) is 10.4 Å². The Balaban J connectivity index is 0.00000256. The monoisotopic (exact) mass is 258 g/mol. The van der Waals surface area contributed by atoms with Crippen molar-refractivity contribution in [1.29, 1.82) is 0 Å². The van der Waals surface area contributed by atoms with Crippen LogP contribution in [0.3, 0.4) is 0 Å². The highest BCUT2D eigenvalue weighted by Gasteiger charge is 2.19. The third-order valence-corrected chi connectivity index (χ3v) is 2.02. The maximum absolute atomic E-state index is 10.3. The van der Waals surface area contributed by atoms with Crippen LogP contribution in [0.15, 0.2) is 18.3 Å². The molecular formula is C11H15ClN2O3. The van der Waals surface area contributed by atoms with Crippen LogP contribution in [0, 0.1) is 0 Å². The average Bonchev–Trinajstić information content (AvgIpc) is 2.14. The van der Waals surface area contributed by atoms with Crippen molar-refractivity contribution in [2.45, 2.75) is 19.4 Å². The molecule has 0 aliphatic heterocycles. The molecule has 0 radical (unpaired) electrons. The summed E-state index contributed by atoms with van der Waals surface area (Å²) in [5.41, 5.74) is 5.56. The molecule has 0 aromatic carbocycles. The molecule has 0 amide bonds. The van der Waals surface area contributed by atoms with Crippen molar-refractivity contribution in [2.75, 3.05) is 5.73 Å². The van der Waals surface area contributed by atoms with Crippen LogP contribution < -0.4 is 5.73 Å². The van der Waals surface area contributed by atoms with E-state index in [9.17, 15) is 9.90 Å². The number of hydrogen-bond donors (Lipinski definition) is 3. The fraction of sp³-hybridized carbons (Fsp3) is 0.273. The lowest BCUT2D eigenvalue weighted by Gasteiger charge is -2.19. The summed E-state index contributed by atoms with van der Waals surface area (Å²) in [6, 6.07) is 1.61. The van der Waals surface area contributed by atoms with Crippen LogP contribution in [0.2, 0.25) is 0 Å². The number of nitrogens with two attached hydrogens (primary N) is 1. The molecule has 17 heavy (non-hydrogen) atoms. The van der Waals surface area contributed by atoms with E-state index < -0.39 is 11.6 Å². The van der Waals surface area contributed by atoms with Crippen LogP contribution in [-0.4, -0.2) is 21.2 Å². The van der Waals surface area contributed by atoms with Crippen LogP contribution in [0.1, 0.15) is 25.0 Å². The summed E-state index contributed by atoms with van der Waals surface area (Å²) in [4.78, 5) is 14.2. The Morgan fingerprint density at radius 1 is 1.53 bits per heavy atom. The lowest BCUT2D eigenvalue weighted by atomic mass is 9.97. The van der Waals surface area contributed by atoms with E-state index in [0.29, 0.717) is 11.1 Å². The van der Waals surface area contributed by atoms with Gasteiger partial charge < -0.3 is 15.9 Å². The largest absolute Gasteiger partial charge is 0.478 e. The zero-order valence-electron chi connectivity index (χ0n) is 9.54. The molecule has 1 aromatic rings. The number of hydrogen-bond acceptors (Lipinski definition) is 4. The highest BCUT2D eigenvalue weighted by molar-refractivity contribution is 5.85. The first kappa shape index (κ1) is 15.4. The second-order valence-corrected chi connectivity index (χ2v) is 3.93. The smallest absolute Gasteiger partial charge is 0.328 e. The minimum Gasteiger partial charge on any atom is -0.478 e. The predicted octanol–water partition coefficient (Wildman–Crippen LogP) is 1.41. The van der Waals surface area contributed by atoms with Gasteiger partial charge in [-0.05, 0) is 31.6 Å². The Labute approximate surface area is 105 Å². The summed E-state index contributed by atoms with van der Waals surface area (Å²) in [6.45, 7) is 3.18. The molecule has 1 rings (SSSR count). The Morgan fingerprint density at radius 2 is 2.12 bits per heavy atom. The van der Waals surface area contributed by atoms with Crippen molar-refractivity contribution < 1.29 is 15.0 Å². The number of carboxylic acid groups (broad SMARTS) is 1. The molecule has 94 valence electrons. The lowest BCUT2D eigenvalue weighted by Crippen LogP contribution is -2.18. The first-order valence-corrected chi connectivity index (χ1v) is 4.70. The Kier molecular flexibility index (Phi) is 5.12. The van der Waals surface area contributed by atoms with Crippen molar-refractivity contribution in [2.24, 2.45) is 0 Å². The van der Waals surface area contributed by atoms with Gasteiger partial charge in [-0.1, -0.05) is 0 Å². The number of nitrogen functional groups attached to an aromatic ring is 1. The summed E-state index contributed by atoms with van der Waals surface area (Å²) in [5.74, 6) is -0.804. The van der Waals surface area contributed by atoms with Gasteiger partial charge in [0.2, 0.25) is 0 Å². The Bertz CT molecular complexity index is 439. The van der Waals surface area contributed by atoms with E-state index in [1.54, 1.807) is 19.9 Å². The third kappa shape index (κ3) is 4.42. The number of carbonyl (C=O) groups is 1. The molecule has 0 aliphatic rings. The predicted molar refractivity (Wildman–Crippen MR) is 67.8 cm³/mol. The number of halogens is 1. The third-order valence-electron chi connectivity index (χ3n) is 2.02. The van der Waals surface area contributed by atoms with Gasteiger partial charge in [-0.25, -0.2) is 9.78 Å². The first-order chi connectivity index (χ1) is 7.30. The molecule has 0 saturated carbocycles. The van der Waals surface area contributed by atoms with Crippen LogP contribution >= 0.6 is 12.4 Å². The second-order valence-electron chi connectivity index (χ2n) is 3.93. The molecular weight excluding hydrogens is 244 g/mol. The van der Waals surface area contributed by atoms with Crippen molar-refractivity contribution in [3.63, 3.8) is 0 Å². The maximum atomic E-state index is 10.3. The zero-order valence-corrected chi connectivity index (χ0v) is 10.4. The normalized spacial score (nSPS) is 11.2. The molecule has 1 aromatic heterocycles. The minimum absolute atomic E-state index is 0. The van der Waals surface area contributed by atoms with E-state index in [0.717, 1.165) is 6.08 Å². The van der Waals surface area contributed by atoms with Crippen LogP contribution in [0.25, 0.3) is 6.08 Å². The number of aliphatic carboxylic acids is 1. The number of pyridine rings is 1. The molecule has 0 bridgehead atoms. The van der Waals surface area contributed by atoms with Crippen molar-refractivity contribution in [3.05, 3.63) is 29.5 Å². The van der Waals surface area contributed by atoms with Crippen LogP contribution in [0.5, 0.6) is 0 Å². The van der Waals surface area contributed by atoms with Gasteiger partial charge >= 0.3 is 5.97 Å². The molecule has 0 fully saturated rings. The SMILES string of the molecule is CC(C)(O)c1cc(C=CC(=O)O)cnc1N.Cl. The highest BCUT2D eigenvalue weighted by atomic mass is 35.5. The van der Waals surface area contributed by atoms with Gasteiger partial charge in [0, 0.05) is 17.8 Å². The summed E-state index contributed by atoms with van der Waals surface area (Å²) >= 11 is 0. The number of aliphatic hydroxyl groups is 1. The molecule has 1 heterocycles. The molecule has 4 N–H and O–H groups in total. The quantitative estimate of drug-likeness (QED) is 0.713. The molecule has 0 aliphatic carbocycles. The molecule has 0 spiro atoms. The lowest BCUT2D eigenvalue weighted by molar-refractivity contribution is -0.131. The standard InChI is InChI=1S/C11H14N2O3.ClH/c1-11(2,16)8-5-7(3-4-9(14)15)6-13-10(8)12;/h3-6,16H,1-2H3,(H2,12,13)(H,14,15);1H. The summed E-state index contributed by atoms with van der Waals surface area (Å²) < 4.78 is 0. The summed E-state index contributed by atoms with van der Waals surface area (Å²) in [7, 11) is 0. The van der Waals surface area contributed by atoms with E-state index in [2.05, 4.69) is 4.98 Å². The van der Waals surface area contributed by atoms with Gasteiger partial charge in [0.1, 0.15) is 5.82 Å². The molecule has 6 heteroatoms. The van der Waals surface area contributed by atoms with Gasteiger partial charge in [-0.2, -0.15) is 0 Å². The molecule has 0 unspecified atom stereocenters. The van der Waals surface area contributed by atoms with Gasteiger partial charge in [0.05, 0.1) is 5.60 Å². The average molecular weight is 259 g/mol. The zero-order chi connectivity index (χ0) is 12.3. The first-order valence-electron chi connectivity index (χ1n) is 4.70. The second kappa shape index (κ2) is 5.65. The van der Waals surface area contributed by atoms with Crippen LogP contribution in [0.4, 0.5) is 5.82 Å². The van der Waals surface area contributed by atoms with E-state index in [-0.39, 0.29) is 18.2 Å². The minimum atomic E-state index is -1.11. The molecule has 5 nitrogen and oxygen atoms in total. The number of nitrogens with zero attached hydrogens (tertiary/aromatic N) is 1. The van der Waals surface area contributed by atoms with Gasteiger partial charge in [-0.3, -0.25) is 0 Å². The topological polar surface area (TPSA) is 96.4 Å². The van der Waals surface area contributed by atoms with Gasteiger partial charge in [0.25, 0.3) is 0 Å². The van der Waals surface area contributed by atoms with E-state index in [1.807, 2.05) is 0 Å². The van der Waals surface area contributed by atoms with E-state index in [1.165, 1.54) is 12.3 Å². The fourth-order valence-corrected chi connectivity index (χ4v) is 1.24. The fourth-order valence-electron chi connectivity index (χ4n) is 1.24. The molecule has 0 saturated heterocycles. The Hall–Kier alpha value is -1.59. The van der Waals surface area contributed by atoms with E-state index >= 15 is 0 Å². The number of rotatable bonds is 3. The van der Waals surface area contributed by atoms with E-state index in [4.69, 9.17) is 10.8 Å². The number of aromatic nitrogens is 1. The number of anilines is 1. The molecule has 0 atom stereocenters. The number of carboxylic acids is 1. The Morgan fingerprint density at radius 3 is 2.59 bits per heavy atom. The summed E-state index contributed by atoms with van der Waals surface area (Å²) in [5, 5.41) is 18.3. The highest BCUT2D eigenvalue weighted by Crippen LogP contribution is 2.25. The van der Waals surface area contributed by atoms with Gasteiger partial charge in [-0.15, -0.1) is 12.4 Å². The summed E-state index contributed by atoms with van der Waals surface area (Å²) in [6.07, 6.45) is 3.84.